The average molecular weight is 348 g/mol. The van der Waals surface area contributed by atoms with Crippen LogP contribution in [0.15, 0.2) is 18.2 Å². The van der Waals surface area contributed by atoms with Gasteiger partial charge in [0.15, 0.2) is 0 Å². The average Bonchev–Trinajstić information content (AvgIpc) is 2.43. The summed E-state index contributed by atoms with van der Waals surface area (Å²) >= 11 is 18.9. The van der Waals surface area contributed by atoms with Crippen LogP contribution in [0.2, 0.25) is 10.0 Å². The van der Waals surface area contributed by atoms with Gasteiger partial charge in [-0.2, -0.15) is 0 Å². The van der Waals surface area contributed by atoms with Crippen LogP contribution in [-0.4, -0.2) is 5.88 Å². The molecule has 0 atom stereocenters. The van der Waals surface area contributed by atoms with E-state index in [9.17, 15) is 0 Å². The van der Waals surface area contributed by atoms with E-state index in [0.29, 0.717) is 21.3 Å². The van der Waals surface area contributed by atoms with Gasteiger partial charge in [-0.05, 0) is 60.5 Å². The van der Waals surface area contributed by atoms with Gasteiger partial charge in [0.2, 0.25) is 0 Å². The summed E-state index contributed by atoms with van der Waals surface area (Å²) in [5, 5.41) is 1.34. The summed E-state index contributed by atoms with van der Waals surface area (Å²) in [5.41, 5.74) is 1.71. The van der Waals surface area contributed by atoms with Crippen LogP contribution < -0.4 is 0 Å². The molecule has 1 aliphatic carbocycles. The van der Waals surface area contributed by atoms with Gasteiger partial charge in [0, 0.05) is 5.88 Å². The van der Waals surface area contributed by atoms with Crippen molar-refractivity contribution >= 4 is 34.8 Å². The summed E-state index contributed by atoms with van der Waals surface area (Å²) in [6.07, 6.45) is 5.82. The molecule has 1 aromatic rings. The highest BCUT2D eigenvalue weighted by atomic mass is 35.5. The fourth-order valence-electron chi connectivity index (χ4n) is 3.54. The van der Waals surface area contributed by atoms with Gasteiger partial charge < -0.3 is 0 Å². The van der Waals surface area contributed by atoms with Gasteiger partial charge >= 0.3 is 0 Å². The van der Waals surface area contributed by atoms with E-state index in [1.807, 2.05) is 12.1 Å². The summed E-state index contributed by atoms with van der Waals surface area (Å²) < 4.78 is 0. The van der Waals surface area contributed by atoms with E-state index in [4.69, 9.17) is 34.8 Å². The van der Waals surface area contributed by atoms with Crippen LogP contribution >= 0.6 is 34.8 Å². The second kappa shape index (κ2) is 6.69. The molecular formula is C18H25Cl3. The highest BCUT2D eigenvalue weighted by Gasteiger charge is 2.38. The zero-order chi connectivity index (χ0) is 15.7. The Morgan fingerprint density at radius 2 is 1.76 bits per heavy atom. The lowest BCUT2D eigenvalue weighted by Crippen LogP contribution is -2.35. The van der Waals surface area contributed by atoms with E-state index in [-0.39, 0.29) is 5.41 Å². The molecule has 3 heteroatoms. The molecule has 21 heavy (non-hydrogen) atoms. The van der Waals surface area contributed by atoms with Crippen LogP contribution in [0.4, 0.5) is 0 Å². The summed E-state index contributed by atoms with van der Waals surface area (Å²) in [7, 11) is 0. The summed E-state index contributed by atoms with van der Waals surface area (Å²) in [5.74, 6) is 1.50. The van der Waals surface area contributed by atoms with Crippen LogP contribution in [-0.2, 0) is 6.42 Å². The van der Waals surface area contributed by atoms with E-state index in [0.717, 1.165) is 17.9 Å². The predicted molar refractivity (Wildman–Crippen MR) is 94.7 cm³/mol. The monoisotopic (exact) mass is 346 g/mol. The molecule has 0 N–H and O–H groups in total. The van der Waals surface area contributed by atoms with Crippen molar-refractivity contribution in [2.75, 3.05) is 5.88 Å². The van der Waals surface area contributed by atoms with Gasteiger partial charge in [0.05, 0.1) is 10.0 Å². The second-order valence-electron chi connectivity index (χ2n) is 7.66. The Balaban J connectivity index is 2.12. The van der Waals surface area contributed by atoms with Crippen LogP contribution in [0, 0.1) is 16.7 Å². The number of hydrogen-bond acceptors (Lipinski definition) is 0. The molecule has 0 unspecified atom stereocenters. The third-order valence-electron chi connectivity index (χ3n) is 5.15. The summed E-state index contributed by atoms with van der Waals surface area (Å²) in [6, 6.07) is 5.90. The molecule has 1 fully saturated rings. The lowest BCUT2D eigenvalue weighted by Gasteiger charge is -2.43. The fourth-order valence-corrected chi connectivity index (χ4v) is 4.29. The van der Waals surface area contributed by atoms with Crippen molar-refractivity contribution in [1.29, 1.82) is 0 Å². The van der Waals surface area contributed by atoms with Crippen molar-refractivity contribution < 1.29 is 0 Å². The number of hydrogen-bond donors (Lipinski definition) is 0. The van der Waals surface area contributed by atoms with Crippen molar-refractivity contribution in [1.82, 2.24) is 0 Å². The van der Waals surface area contributed by atoms with Gasteiger partial charge in [0.1, 0.15) is 0 Å². The fraction of sp³-hybridized carbons (Fsp3) is 0.667. The Kier molecular flexibility index (Phi) is 5.55. The van der Waals surface area contributed by atoms with Crippen LogP contribution in [0.5, 0.6) is 0 Å². The predicted octanol–water partition coefficient (Wildman–Crippen LogP) is 7.00. The van der Waals surface area contributed by atoms with E-state index < -0.39 is 0 Å². The quantitative estimate of drug-likeness (QED) is 0.516. The first kappa shape index (κ1) is 17.4. The molecule has 0 aromatic heterocycles. The van der Waals surface area contributed by atoms with Crippen LogP contribution in [0.3, 0.4) is 0 Å². The summed E-state index contributed by atoms with van der Waals surface area (Å²) in [6.45, 7) is 7.04. The Labute approximate surface area is 144 Å². The Bertz CT molecular complexity index is 480. The maximum absolute atomic E-state index is 6.37. The zero-order valence-electron chi connectivity index (χ0n) is 13.2. The number of alkyl halides is 1. The second-order valence-corrected chi connectivity index (χ2v) is 8.72. The highest BCUT2D eigenvalue weighted by molar-refractivity contribution is 6.42. The molecule has 0 saturated heterocycles. The molecule has 0 aliphatic heterocycles. The van der Waals surface area contributed by atoms with Gasteiger partial charge in [-0.25, -0.2) is 0 Å². The van der Waals surface area contributed by atoms with E-state index >= 15 is 0 Å². The van der Waals surface area contributed by atoms with Crippen LogP contribution in [0.1, 0.15) is 52.0 Å². The first-order chi connectivity index (χ1) is 9.77. The standard InChI is InChI=1S/C18H25Cl3/c1-17(2,3)14-7-9-18(12-19,10-8-14)11-13-5-4-6-15(20)16(13)21/h4-6,14H,7-12H2,1-3H3. The smallest absolute Gasteiger partial charge is 0.0624 e. The lowest BCUT2D eigenvalue weighted by atomic mass is 9.63. The molecule has 1 saturated carbocycles. The molecule has 0 amide bonds. The molecule has 2 rings (SSSR count). The number of rotatable bonds is 3. The maximum atomic E-state index is 6.37. The SMILES string of the molecule is CC(C)(C)C1CCC(CCl)(Cc2cccc(Cl)c2Cl)CC1. The Morgan fingerprint density at radius 3 is 2.29 bits per heavy atom. The third-order valence-corrected chi connectivity index (χ3v) is 6.58. The Morgan fingerprint density at radius 1 is 1.14 bits per heavy atom. The molecule has 0 bridgehead atoms. The summed E-state index contributed by atoms with van der Waals surface area (Å²) in [4.78, 5) is 0. The first-order valence-corrected chi connectivity index (χ1v) is 9.05. The van der Waals surface area contributed by atoms with Gasteiger partial charge in [-0.1, -0.05) is 56.1 Å². The number of benzene rings is 1. The molecule has 118 valence electrons. The normalized spacial score (nSPS) is 26.9. The molecular weight excluding hydrogens is 323 g/mol. The zero-order valence-corrected chi connectivity index (χ0v) is 15.5. The van der Waals surface area contributed by atoms with Gasteiger partial charge in [-0.15, -0.1) is 11.6 Å². The van der Waals surface area contributed by atoms with Crippen molar-refractivity contribution in [3.8, 4) is 0 Å². The highest BCUT2D eigenvalue weighted by Crippen LogP contribution is 2.48. The van der Waals surface area contributed by atoms with Gasteiger partial charge in [-0.3, -0.25) is 0 Å². The molecule has 0 nitrogen and oxygen atoms in total. The number of halogens is 3. The minimum absolute atomic E-state index is 0.178. The molecule has 0 spiro atoms. The van der Waals surface area contributed by atoms with E-state index in [1.165, 1.54) is 25.7 Å². The van der Waals surface area contributed by atoms with Crippen molar-refractivity contribution in [2.45, 2.75) is 52.9 Å². The van der Waals surface area contributed by atoms with Crippen molar-refractivity contribution in [3.63, 3.8) is 0 Å². The van der Waals surface area contributed by atoms with Gasteiger partial charge in [0.25, 0.3) is 0 Å². The Hall–Kier alpha value is 0.0900. The maximum Gasteiger partial charge on any atom is 0.0624 e. The third kappa shape index (κ3) is 4.09. The van der Waals surface area contributed by atoms with Crippen LogP contribution in [0.25, 0.3) is 0 Å². The van der Waals surface area contributed by atoms with Crippen molar-refractivity contribution in [3.05, 3.63) is 33.8 Å². The largest absolute Gasteiger partial charge is 0.126 e. The topological polar surface area (TPSA) is 0 Å². The minimum atomic E-state index is 0.178. The van der Waals surface area contributed by atoms with E-state index in [1.54, 1.807) is 0 Å². The molecule has 0 radical (unpaired) electrons. The molecule has 1 aromatic carbocycles. The first-order valence-electron chi connectivity index (χ1n) is 7.76. The van der Waals surface area contributed by atoms with Crippen molar-refractivity contribution in [2.24, 2.45) is 16.7 Å². The molecule has 0 heterocycles. The van der Waals surface area contributed by atoms with E-state index in [2.05, 4.69) is 26.8 Å². The molecule has 1 aliphatic rings. The lowest BCUT2D eigenvalue weighted by molar-refractivity contribution is 0.102. The minimum Gasteiger partial charge on any atom is -0.126 e.